The average molecular weight is 346 g/mol. The molecule has 0 spiro atoms. The molecule has 0 atom stereocenters. The first kappa shape index (κ1) is 17.7. The van der Waals surface area contributed by atoms with Gasteiger partial charge in [0, 0.05) is 17.2 Å². The Balaban J connectivity index is 2.20. The Morgan fingerprint density at radius 3 is 2.50 bits per heavy atom. The molecule has 0 saturated carbocycles. The molecule has 0 radical (unpaired) electrons. The first-order chi connectivity index (χ1) is 11.3. The molecule has 6 nitrogen and oxygen atoms in total. The standard InChI is InChI=1S/C17H18N2O4S/c1-9(2)15(20)19-17(24)18-11-5-4-10(3)12(8-11)13-6-7-14(23-13)16(21)22/h4-9H,1-3H3,(H,21,22)(H2,18,19,20,24). The van der Waals surface area contributed by atoms with Gasteiger partial charge in [0.25, 0.3) is 0 Å². The predicted molar refractivity (Wildman–Crippen MR) is 95.0 cm³/mol. The van der Waals surface area contributed by atoms with Gasteiger partial charge in [-0.05, 0) is 49.0 Å². The topological polar surface area (TPSA) is 91.6 Å². The maximum atomic E-state index is 11.6. The molecule has 7 heteroatoms. The van der Waals surface area contributed by atoms with Crippen LogP contribution in [-0.4, -0.2) is 22.1 Å². The molecule has 0 saturated heterocycles. The van der Waals surface area contributed by atoms with Crippen LogP contribution in [0.4, 0.5) is 5.69 Å². The number of carboxylic acid groups (broad SMARTS) is 1. The van der Waals surface area contributed by atoms with E-state index in [0.29, 0.717) is 11.4 Å². The number of carboxylic acids is 1. The van der Waals surface area contributed by atoms with Gasteiger partial charge in [-0.2, -0.15) is 0 Å². The summed E-state index contributed by atoms with van der Waals surface area (Å²) in [5.74, 6) is -1.13. The number of furan rings is 1. The van der Waals surface area contributed by atoms with Gasteiger partial charge in [-0.15, -0.1) is 0 Å². The van der Waals surface area contributed by atoms with Crippen molar-refractivity contribution in [2.24, 2.45) is 5.92 Å². The number of aromatic carboxylic acids is 1. The number of benzene rings is 1. The highest BCUT2D eigenvalue weighted by Crippen LogP contribution is 2.28. The Labute approximate surface area is 144 Å². The molecule has 1 amide bonds. The predicted octanol–water partition coefficient (Wildman–Crippen LogP) is 3.42. The lowest BCUT2D eigenvalue weighted by atomic mass is 10.1. The summed E-state index contributed by atoms with van der Waals surface area (Å²) in [6.45, 7) is 5.44. The number of nitrogens with one attached hydrogen (secondary N) is 2. The van der Waals surface area contributed by atoms with Crippen LogP contribution in [0.3, 0.4) is 0 Å². The molecule has 0 aliphatic rings. The molecule has 2 aromatic rings. The normalized spacial score (nSPS) is 10.5. The van der Waals surface area contributed by atoms with Crippen LogP contribution in [0.25, 0.3) is 11.3 Å². The molecule has 24 heavy (non-hydrogen) atoms. The number of carbonyl (C=O) groups excluding carboxylic acids is 1. The highest BCUT2D eigenvalue weighted by molar-refractivity contribution is 7.80. The minimum atomic E-state index is -1.12. The highest BCUT2D eigenvalue weighted by atomic mass is 32.1. The van der Waals surface area contributed by atoms with Gasteiger partial charge < -0.3 is 20.2 Å². The summed E-state index contributed by atoms with van der Waals surface area (Å²) < 4.78 is 5.34. The minimum absolute atomic E-state index is 0.123. The molecule has 1 aromatic heterocycles. The number of amides is 1. The molecule has 3 N–H and O–H groups in total. The highest BCUT2D eigenvalue weighted by Gasteiger charge is 2.13. The lowest BCUT2D eigenvalue weighted by Gasteiger charge is -2.12. The van der Waals surface area contributed by atoms with E-state index < -0.39 is 5.97 Å². The van der Waals surface area contributed by atoms with Gasteiger partial charge in [-0.25, -0.2) is 4.79 Å². The maximum absolute atomic E-state index is 11.6. The van der Waals surface area contributed by atoms with E-state index in [4.69, 9.17) is 21.7 Å². The van der Waals surface area contributed by atoms with Crippen LogP contribution in [0.15, 0.2) is 34.7 Å². The van der Waals surface area contributed by atoms with Gasteiger partial charge in [0.05, 0.1) is 0 Å². The average Bonchev–Trinajstić information content (AvgIpc) is 2.98. The van der Waals surface area contributed by atoms with E-state index in [1.165, 1.54) is 6.07 Å². The van der Waals surface area contributed by atoms with Crippen molar-refractivity contribution >= 4 is 34.9 Å². The number of rotatable bonds is 4. The molecule has 0 bridgehead atoms. The summed E-state index contributed by atoms with van der Waals surface area (Å²) in [4.78, 5) is 22.6. The van der Waals surface area contributed by atoms with Gasteiger partial charge in [0.1, 0.15) is 5.76 Å². The molecular weight excluding hydrogens is 328 g/mol. The van der Waals surface area contributed by atoms with Gasteiger partial charge >= 0.3 is 5.97 Å². The molecule has 0 aliphatic heterocycles. The first-order valence-electron chi connectivity index (χ1n) is 7.34. The molecule has 1 aromatic carbocycles. The Kier molecular flexibility index (Phi) is 5.35. The molecule has 0 fully saturated rings. The number of aryl methyl sites for hydroxylation is 1. The fourth-order valence-electron chi connectivity index (χ4n) is 1.98. The Morgan fingerprint density at radius 2 is 1.92 bits per heavy atom. The van der Waals surface area contributed by atoms with Crippen LogP contribution >= 0.6 is 12.2 Å². The second kappa shape index (κ2) is 7.27. The third kappa shape index (κ3) is 4.20. The number of hydrogen-bond acceptors (Lipinski definition) is 4. The molecule has 2 rings (SSSR count). The monoisotopic (exact) mass is 346 g/mol. The number of thiocarbonyl (C=S) groups is 1. The van der Waals surface area contributed by atoms with Crippen molar-refractivity contribution < 1.29 is 19.1 Å². The van der Waals surface area contributed by atoms with Crippen molar-refractivity contribution in [1.29, 1.82) is 0 Å². The Morgan fingerprint density at radius 1 is 1.21 bits per heavy atom. The maximum Gasteiger partial charge on any atom is 0.371 e. The van der Waals surface area contributed by atoms with E-state index in [1.807, 2.05) is 19.1 Å². The Hall–Kier alpha value is -2.67. The SMILES string of the molecule is Cc1ccc(NC(=S)NC(=O)C(C)C)cc1-c1ccc(C(=O)O)o1. The van der Waals surface area contributed by atoms with E-state index in [-0.39, 0.29) is 22.7 Å². The fraction of sp³-hybridized carbons (Fsp3) is 0.235. The summed E-state index contributed by atoms with van der Waals surface area (Å²) >= 11 is 5.12. The van der Waals surface area contributed by atoms with E-state index >= 15 is 0 Å². The summed E-state index contributed by atoms with van der Waals surface area (Å²) in [5.41, 5.74) is 2.33. The second-order valence-corrected chi connectivity index (χ2v) is 6.01. The Bertz CT molecular complexity index is 796. The molecule has 1 heterocycles. The fourth-order valence-corrected chi connectivity index (χ4v) is 2.20. The van der Waals surface area contributed by atoms with Crippen LogP contribution < -0.4 is 10.6 Å². The quantitative estimate of drug-likeness (QED) is 0.735. The van der Waals surface area contributed by atoms with Gasteiger partial charge in [0.15, 0.2) is 5.11 Å². The van der Waals surface area contributed by atoms with Crippen LogP contribution in [0.1, 0.15) is 30.0 Å². The van der Waals surface area contributed by atoms with Crippen LogP contribution in [-0.2, 0) is 4.79 Å². The van der Waals surface area contributed by atoms with Crippen LogP contribution in [0.2, 0.25) is 0 Å². The first-order valence-corrected chi connectivity index (χ1v) is 7.74. The van der Waals surface area contributed by atoms with E-state index in [0.717, 1.165) is 11.1 Å². The summed E-state index contributed by atoms with van der Waals surface area (Å²) in [6.07, 6.45) is 0. The van der Waals surface area contributed by atoms with Gasteiger partial charge in [-0.3, -0.25) is 4.79 Å². The molecule has 0 aliphatic carbocycles. The van der Waals surface area contributed by atoms with Crippen LogP contribution in [0.5, 0.6) is 0 Å². The largest absolute Gasteiger partial charge is 0.475 e. The lowest BCUT2D eigenvalue weighted by molar-refractivity contribution is -0.122. The number of carbonyl (C=O) groups is 2. The van der Waals surface area contributed by atoms with Crippen LogP contribution in [0, 0.1) is 12.8 Å². The molecule has 0 unspecified atom stereocenters. The zero-order chi connectivity index (χ0) is 17.9. The lowest BCUT2D eigenvalue weighted by Crippen LogP contribution is -2.36. The summed E-state index contributed by atoms with van der Waals surface area (Å²) in [7, 11) is 0. The van der Waals surface area contributed by atoms with Gasteiger partial charge in [-0.1, -0.05) is 19.9 Å². The van der Waals surface area contributed by atoms with Gasteiger partial charge in [0.2, 0.25) is 11.7 Å². The van der Waals surface area contributed by atoms with Crippen molar-refractivity contribution in [2.45, 2.75) is 20.8 Å². The summed E-state index contributed by atoms with van der Waals surface area (Å²) in [5, 5.41) is 14.7. The van der Waals surface area contributed by atoms with E-state index in [1.54, 1.807) is 26.0 Å². The van der Waals surface area contributed by atoms with E-state index in [9.17, 15) is 9.59 Å². The van der Waals surface area contributed by atoms with Crippen molar-refractivity contribution in [3.63, 3.8) is 0 Å². The van der Waals surface area contributed by atoms with Crippen molar-refractivity contribution in [3.05, 3.63) is 41.7 Å². The van der Waals surface area contributed by atoms with Crippen molar-refractivity contribution in [3.8, 4) is 11.3 Å². The van der Waals surface area contributed by atoms with Crippen molar-refractivity contribution in [2.75, 3.05) is 5.32 Å². The molecule has 126 valence electrons. The zero-order valence-electron chi connectivity index (χ0n) is 13.5. The van der Waals surface area contributed by atoms with Crippen molar-refractivity contribution in [1.82, 2.24) is 5.32 Å². The summed E-state index contributed by atoms with van der Waals surface area (Å²) in [6, 6.07) is 8.47. The number of anilines is 1. The second-order valence-electron chi connectivity index (χ2n) is 5.60. The zero-order valence-corrected chi connectivity index (χ0v) is 14.4. The van der Waals surface area contributed by atoms with E-state index in [2.05, 4.69) is 10.6 Å². The minimum Gasteiger partial charge on any atom is -0.475 e. The molecular formula is C17H18N2O4S. The number of hydrogen-bond donors (Lipinski definition) is 3. The smallest absolute Gasteiger partial charge is 0.371 e. The third-order valence-corrected chi connectivity index (χ3v) is 3.54. The third-order valence-electron chi connectivity index (χ3n) is 3.34.